The third-order valence-electron chi connectivity index (χ3n) is 2.30. The Hall–Kier alpha value is -0.940. The van der Waals surface area contributed by atoms with E-state index in [1.807, 2.05) is 26.0 Å². The molecule has 0 radical (unpaired) electrons. The molecule has 0 spiro atoms. The van der Waals surface area contributed by atoms with Crippen molar-refractivity contribution in [2.75, 3.05) is 5.75 Å². The van der Waals surface area contributed by atoms with Gasteiger partial charge in [0, 0.05) is 6.20 Å². The van der Waals surface area contributed by atoms with E-state index >= 15 is 0 Å². The summed E-state index contributed by atoms with van der Waals surface area (Å²) < 4.78 is 25.5. The highest BCUT2D eigenvalue weighted by Gasteiger charge is 2.09. The second kappa shape index (κ2) is 5.96. The minimum Gasteiger partial charge on any atom is -0.260 e. The summed E-state index contributed by atoms with van der Waals surface area (Å²) in [6.45, 7) is 4.16. The predicted octanol–water partition coefficient (Wildman–Crippen LogP) is 1.47. The molecule has 4 nitrogen and oxygen atoms in total. The monoisotopic (exact) mass is 242 g/mol. The Morgan fingerprint density at radius 2 is 2.12 bits per heavy atom. The van der Waals surface area contributed by atoms with E-state index in [1.54, 1.807) is 6.20 Å². The molecule has 0 aliphatic rings. The quantitative estimate of drug-likeness (QED) is 0.822. The van der Waals surface area contributed by atoms with Crippen LogP contribution < -0.4 is 4.72 Å². The summed E-state index contributed by atoms with van der Waals surface area (Å²) in [7, 11) is -3.14. The highest BCUT2D eigenvalue weighted by molar-refractivity contribution is 7.89. The average molecular weight is 242 g/mol. The van der Waals surface area contributed by atoms with Gasteiger partial charge >= 0.3 is 0 Å². The molecule has 16 heavy (non-hydrogen) atoms. The number of nitrogens with zero attached hydrogens (tertiary/aromatic N) is 1. The molecule has 0 aliphatic heterocycles. The smallest absolute Gasteiger partial charge is 0.211 e. The first-order valence-electron chi connectivity index (χ1n) is 5.49. The van der Waals surface area contributed by atoms with Gasteiger partial charge in [0.1, 0.15) is 0 Å². The molecule has 0 fully saturated rings. The van der Waals surface area contributed by atoms with Crippen LogP contribution in [0.2, 0.25) is 0 Å². The molecule has 5 heteroatoms. The zero-order valence-electron chi connectivity index (χ0n) is 9.73. The molecule has 0 aromatic carbocycles. The van der Waals surface area contributed by atoms with Gasteiger partial charge in [0.2, 0.25) is 10.0 Å². The number of rotatable bonds is 6. The summed E-state index contributed by atoms with van der Waals surface area (Å²) in [5.41, 5.74) is 1.89. The molecule has 1 aromatic rings. The molecule has 1 aromatic heterocycles. The number of aryl methyl sites for hydroxylation is 1. The van der Waals surface area contributed by atoms with Gasteiger partial charge in [-0.1, -0.05) is 19.9 Å². The topological polar surface area (TPSA) is 59.1 Å². The van der Waals surface area contributed by atoms with Gasteiger partial charge in [-0.15, -0.1) is 0 Å². The van der Waals surface area contributed by atoms with Crippen LogP contribution in [-0.2, 0) is 23.0 Å². The normalized spacial score (nSPS) is 11.6. The number of aromatic nitrogens is 1. The van der Waals surface area contributed by atoms with Gasteiger partial charge in [-0.3, -0.25) is 4.98 Å². The van der Waals surface area contributed by atoms with Gasteiger partial charge in [-0.05, 0) is 24.5 Å². The molecule has 0 aliphatic carbocycles. The SMILES string of the molecule is CCCS(=O)(=O)NCc1ncccc1CC. The van der Waals surface area contributed by atoms with Crippen molar-refractivity contribution >= 4 is 10.0 Å². The zero-order chi connectivity index (χ0) is 12.0. The van der Waals surface area contributed by atoms with Crippen molar-refractivity contribution in [3.63, 3.8) is 0 Å². The molecule has 0 bridgehead atoms. The number of hydrogen-bond acceptors (Lipinski definition) is 3. The lowest BCUT2D eigenvalue weighted by molar-refractivity contribution is 0.578. The average Bonchev–Trinajstić information content (AvgIpc) is 2.27. The van der Waals surface area contributed by atoms with Gasteiger partial charge in [0.25, 0.3) is 0 Å². The van der Waals surface area contributed by atoms with Gasteiger partial charge in [0.15, 0.2) is 0 Å². The van der Waals surface area contributed by atoms with Crippen LogP contribution in [-0.4, -0.2) is 19.2 Å². The van der Waals surface area contributed by atoms with E-state index in [2.05, 4.69) is 9.71 Å². The van der Waals surface area contributed by atoms with Crippen LogP contribution in [0.25, 0.3) is 0 Å². The highest BCUT2D eigenvalue weighted by atomic mass is 32.2. The molecule has 0 saturated heterocycles. The fourth-order valence-corrected chi connectivity index (χ4v) is 2.51. The van der Waals surface area contributed by atoms with E-state index < -0.39 is 10.0 Å². The molecule has 1 rings (SSSR count). The Morgan fingerprint density at radius 1 is 1.38 bits per heavy atom. The molecule has 1 N–H and O–H groups in total. The molecule has 0 unspecified atom stereocenters. The summed E-state index contributed by atoms with van der Waals surface area (Å²) in [6.07, 6.45) is 3.17. The molecular weight excluding hydrogens is 224 g/mol. The van der Waals surface area contributed by atoms with Crippen molar-refractivity contribution in [1.29, 1.82) is 0 Å². The van der Waals surface area contributed by atoms with Crippen molar-refractivity contribution < 1.29 is 8.42 Å². The number of nitrogens with one attached hydrogen (secondary N) is 1. The second-order valence-electron chi connectivity index (χ2n) is 3.60. The van der Waals surface area contributed by atoms with Crippen LogP contribution >= 0.6 is 0 Å². The summed E-state index contributed by atoms with van der Waals surface area (Å²) in [5, 5.41) is 0. The van der Waals surface area contributed by atoms with Crippen molar-refractivity contribution in [3.8, 4) is 0 Å². The second-order valence-corrected chi connectivity index (χ2v) is 5.53. The van der Waals surface area contributed by atoms with Gasteiger partial charge in [-0.2, -0.15) is 0 Å². The lowest BCUT2D eigenvalue weighted by Crippen LogP contribution is -2.26. The Bertz CT molecular complexity index is 429. The van der Waals surface area contributed by atoms with E-state index in [0.717, 1.165) is 17.7 Å². The van der Waals surface area contributed by atoms with Crippen LogP contribution in [0.3, 0.4) is 0 Å². The summed E-state index contributed by atoms with van der Waals surface area (Å²) in [6, 6.07) is 3.83. The molecule has 0 saturated carbocycles. The Balaban J connectivity index is 2.68. The maximum absolute atomic E-state index is 11.5. The van der Waals surface area contributed by atoms with Crippen molar-refractivity contribution in [2.24, 2.45) is 0 Å². The van der Waals surface area contributed by atoms with Crippen LogP contribution in [0.1, 0.15) is 31.5 Å². The largest absolute Gasteiger partial charge is 0.260 e. The van der Waals surface area contributed by atoms with Crippen LogP contribution in [0.4, 0.5) is 0 Å². The summed E-state index contributed by atoms with van der Waals surface area (Å²) in [5.74, 6) is 0.168. The minimum atomic E-state index is -3.14. The molecule has 0 atom stereocenters. The molecule has 90 valence electrons. The standard InChI is InChI=1S/C11H18N2O2S/c1-3-8-16(14,15)13-9-11-10(4-2)6-5-7-12-11/h5-7,13H,3-4,8-9H2,1-2H3. The predicted molar refractivity (Wildman–Crippen MR) is 64.5 cm³/mol. The van der Waals surface area contributed by atoms with E-state index in [-0.39, 0.29) is 12.3 Å². The van der Waals surface area contributed by atoms with Crippen LogP contribution in [0.15, 0.2) is 18.3 Å². The third-order valence-corrected chi connectivity index (χ3v) is 3.83. The fraction of sp³-hybridized carbons (Fsp3) is 0.545. The molecule has 1 heterocycles. The van der Waals surface area contributed by atoms with E-state index in [0.29, 0.717) is 6.42 Å². The molecule has 0 amide bonds. The minimum absolute atomic E-state index is 0.168. The zero-order valence-corrected chi connectivity index (χ0v) is 10.5. The number of pyridine rings is 1. The fourth-order valence-electron chi connectivity index (χ4n) is 1.47. The Morgan fingerprint density at radius 3 is 2.75 bits per heavy atom. The highest BCUT2D eigenvalue weighted by Crippen LogP contribution is 2.06. The lowest BCUT2D eigenvalue weighted by atomic mass is 10.1. The lowest BCUT2D eigenvalue weighted by Gasteiger charge is -2.08. The molecular formula is C11H18N2O2S. The van der Waals surface area contributed by atoms with Gasteiger partial charge in [0.05, 0.1) is 18.0 Å². The summed E-state index contributed by atoms with van der Waals surface area (Å²) in [4.78, 5) is 4.19. The first-order chi connectivity index (χ1) is 7.59. The Kier molecular flexibility index (Phi) is 4.89. The van der Waals surface area contributed by atoms with Crippen LogP contribution in [0, 0.1) is 0 Å². The van der Waals surface area contributed by atoms with Gasteiger partial charge in [-0.25, -0.2) is 13.1 Å². The number of sulfonamides is 1. The first kappa shape index (κ1) is 13.1. The third kappa shape index (κ3) is 3.90. The van der Waals surface area contributed by atoms with Crippen molar-refractivity contribution in [2.45, 2.75) is 33.2 Å². The van der Waals surface area contributed by atoms with Crippen LogP contribution in [0.5, 0.6) is 0 Å². The summed E-state index contributed by atoms with van der Waals surface area (Å²) >= 11 is 0. The van der Waals surface area contributed by atoms with Crippen molar-refractivity contribution in [3.05, 3.63) is 29.6 Å². The Labute approximate surface area is 97.2 Å². The van der Waals surface area contributed by atoms with E-state index in [1.165, 1.54) is 0 Å². The van der Waals surface area contributed by atoms with E-state index in [9.17, 15) is 8.42 Å². The first-order valence-corrected chi connectivity index (χ1v) is 7.14. The van der Waals surface area contributed by atoms with E-state index in [4.69, 9.17) is 0 Å². The van der Waals surface area contributed by atoms with Gasteiger partial charge < -0.3 is 0 Å². The maximum atomic E-state index is 11.5. The van der Waals surface area contributed by atoms with Crippen molar-refractivity contribution in [1.82, 2.24) is 9.71 Å². The number of hydrogen-bond donors (Lipinski definition) is 1. The maximum Gasteiger partial charge on any atom is 0.211 e.